The van der Waals surface area contributed by atoms with E-state index >= 15 is 0 Å². The molecule has 1 rings (SSSR count). The maximum absolute atomic E-state index is 5.26. The van der Waals surface area contributed by atoms with Crippen LogP contribution in [0.15, 0.2) is 0 Å². The molecule has 0 spiro atoms. The average Bonchev–Trinajstić information content (AvgIpc) is 2.17. The van der Waals surface area contributed by atoms with Gasteiger partial charge in [-0.1, -0.05) is 37.8 Å². The fourth-order valence-corrected chi connectivity index (χ4v) is 5.95. The van der Waals surface area contributed by atoms with Crippen molar-refractivity contribution < 1.29 is 9.47 Å². The lowest BCUT2D eigenvalue weighted by atomic mass is 10.2. The van der Waals surface area contributed by atoms with Gasteiger partial charge in [-0.3, -0.25) is 0 Å². The Bertz CT molecular complexity index is 137. The topological polar surface area (TPSA) is 18.5 Å². The minimum absolute atomic E-state index is 0.0669. The Balaban J connectivity index is 2.32. The van der Waals surface area contributed by atoms with E-state index in [-0.39, 0.29) is 6.29 Å². The standard InChI is InChI=1S/C10H22O2Si/c1-9-6-4-5-7-13(9)8-10(11-2)12-3/h9-10,13H,4-8H2,1-3H3. The van der Waals surface area contributed by atoms with Gasteiger partial charge in [-0.05, 0) is 6.04 Å². The summed E-state index contributed by atoms with van der Waals surface area (Å²) in [6, 6.07) is 2.69. The molecule has 2 unspecified atom stereocenters. The van der Waals surface area contributed by atoms with Crippen molar-refractivity contribution >= 4 is 8.80 Å². The maximum Gasteiger partial charge on any atom is 0.154 e. The van der Waals surface area contributed by atoms with Crippen molar-refractivity contribution in [3.63, 3.8) is 0 Å². The third-order valence-corrected chi connectivity index (χ3v) is 7.39. The third kappa shape index (κ3) is 3.41. The Hall–Kier alpha value is 0.137. The molecule has 1 aliphatic heterocycles. The molecule has 1 saturated heterocycles. The molecule has 0 amide bonds. The molecule has 1 fully saturated rings. The van der Waals surface area contributed by atoms with Crippen LogP contribution in [0.3, 0.4) is 0 Å². The number of ether oxygens (including phenoxy) is 2. The predicted molar refractivity (Wildman–Crippen MR) is 57.8 cm³/mol. The van der Waals surface area contributed by atoms with Gasteiger partial charge in [0.05, 0.1) is 0 Å². The number of hydrogen-bond acceptors (Lipinski definition) is 2. The molecule has 13 heavy (non-hydrogen) atoms. The molecule has 0 aromatic carbocycles. The largest absolute Gasteiger partial charge is 0.356 e. The lowest BCUT2D eigenvalue weighted by Gasteiger charge is -2.29. The first kappa shape index (κ1) is 11.2. The Morgan fingerprint density at radius 3 is 2.54 bits per heavy atom. The van der Waals surface area contributed by atoms with Crippen molar-refractivity contribution in [3.05, 3.63) is 0 Å². The van der Waals surface area contributed by atoms with Crippen LogP contribution in [0.25, 0.3) is 0 Å². The zero-order valence-electron chi connectivity index (χ0n) is 9.08. The normalized spacial score (nSPS) is 29.5. The zero-order chi connectivity index (χ0) is 9.68. The van der Waals surface area contributed by atoms with E-state index in [0.29, 0.717) is 0 Å². The summed E-state index contributed by atoms with van der Waals surface area (Å²) < 4.78 is 10.5. The van der Waals surface area contributed by atoms with Crippen molar-refractivity contribution in [3.8, 4) is 0 Å². The van der Waals surface area contributed by atoms with Crippen LogP contribution in [0.1, 0.15) is 26.2 Å². The van der Waals surface area contributed by atoms with Crippen LogP contribution in [-0.2, 0) is 9.47 Å². The van der Waals surface area contributed by atoms with Crippen molar-refractivity contribution in [2.24, 2.45) is 0 Å². The highest BCUT2D eigenvalue weighted by atomic mass is 28.3. The van der Waals surface area contributed by atoms with Crippen LogP contribution < -0.4 is 0 Å². The van der Waals surface area contributed by atoms with Gasteiger partial charge in [-0.25, -0.2) is 0 Å². The van der Waals surface area contributed by atoms with Crippen molar-refractivity contribution in [1.29, 1.82) is 0 Å². The molecule has 0 radical (unpaired) electrons. The summed E-state index contributed by atoms with van der Waals surface area (Å²) in [6.07, 6.45) is 4.39. The predicted octanol–water partition coefficient (Wildman–Crippen LogP) is 2.41. The molecule has 2 atom stereocenters. The van der Waals surface area contributed by atoms with Gasteiger partial charge in [-0.2, -0.15) is 0 Å². The Kier molecular flexibility index (Phi) is 4.99. The second kappa shape index (κ2) is 5.78. The van der Waals surface area contributed by atoms with Crippen LogP contribution in [0.5, 0.6) is 0 Å². The third-order valence-electron chi connectivity index (χ3n) is 3.31. The summed E-state index contributed by atoms with van der Waals surface area (Å²) in [5.41, 5.74) is 0.988. The van der Waals surface area contributed by atoms with Crippen molar-refractivity contribution in [2.75, 3.05) is 14.2 Å². The first-order valence-corrected chi connectivity index (χ1v) is 7.63. The maximum atomic E-state index is 5.26. The van der Waals surface area contributed by atoms with Crippen LogP contribution in [-0.4, -0.2) is 29.3 Å². The number of methoxy groups -OCH3 is 2. The molecule has 1 heterocycles. The summed E-state index contributed by atoms with van der Waals surface area (Å²) in [7, 11) is 2.93. The minimum atomic E-state index is -0.563. The molecular weight excluding hydrogens is 180 g/mol. The van der Waals surface area contributed by atoms with Gasteiger partial charge in [0.25, 0.3) is 0 Å². The molecule has 0 bridgehead atoms. The minimum Gasteiger partial charge on any atom is -0.356 e. The summed E-state index contributed by atoms with van der Waals surface area (Å²) in [5.74, 6) is 0. The van der Waals surface area contributed by atoms with E-state index < -0.39 is 8.80 Å². The highest BCUT2D eigenvalue weighted by Gasteiger charge is 2.25. The monoisotopic (exact) mass is 202 g/mol. The van der Waals surface area contributed by atoms with Crippen LogP contribution >= 0.6 is 0 Å². The Morgan fingerprint density at radius 1 is 1.31 bits per heavy atom. The smallest absolute Gasteiger partial charge is 0.154 e. The number of hydrogen-bond donors (Lipinski definition) is 0. The highest BCUT2D eigenvalue weighted by Crippen LogP contribution is 2.31. The molecule has 2 nitrogen and oxygen atoms in total. The van der Waals surface area contributed by atoms with E-state index in [4.69, 9.17) is 9.47 Å². The average molecular weight is 202 g/mol. The van der Waals surface area contributed by atoms with Gasteiger partial charge < -0.3 is 9.47 Å². The van der Waals surface area contributed by atoms with Crippen LogP contribution in [0.2, 0.25) is 17.6 Å². The van der Waals surface area contributed by atoms with Crippen LogP contribution in [0.4, 0.5) is 0 Å². The molecule has 0 aliphatic carbocycles. The summed E-state index contributed by atoms with van der Waals surface area (Å²) in [5, 5.41) is 0. The zero-order valence-corrected chi connectivity index (χ0v) is 10.2. The number of rotatable bonds is 4. The van der Waals surface area contributed by atoms with E-state index in [2.05, 4.69) is 6.92 Å². The van der Waals surface area contributed by atoms with Crippen molar-refractivity contribution in [2.45, 2.75) is 50.1 Å². The molecule has 1 aliphatic rings. The summed E-state index contributed by atoms with van der Waals surface area (Å²) >= 11 is 0. The molecule has 3 heteroatoms. The second-order valence-electron chi connectivity index (χ2n) is 4.16. The molecule has 0 aromatic heterocycles. The van der Waals surface area contributed by atoms with E-state index in [0.717, 1.165) is 5.54 Å². The van der Waals surface area contributed by atoms with Crippen molar-refractivity contribution in [1.82, 2.24) is 0 Å². The fraction of sp³-hybridized carbons (Fsp3) is 1.00. The first-order chi connectivity index (χ1) is 6.27. The molecule has 0 saturated carbocycles. The Labute approximate surface area is 83.2 Å². The van der Waals surface area contributed by atoms with Crippen LogP contribution in [0, 0.1) is 0 Å². The molecular formula is C10H22O2Si. The van der Waals surface area contributed by atoms with Gasteiger partial charge in [0.15, 0.2) is 6.29 Å². The first-order valence-electron chi connectivity index (χ1n) is 5.33. The fourth-order valence-electron chi connectivity index (χ4n) is 2.28. The second-order valence-corrected chi connectivity index (χ2v) is 7.87. The van der Waals surface area contributed by atoms with E-state index in [1.807, 2.05) is 0 Å². The lowest BCUT2D eigenvalue weighted by molar-refractivity contribution is -0.0883. The Morgan fingerprint density at radius 2 is 2.00 bits per heavy atom. The van der Waals surface area contributed by atoms with Gasteiger partial charge in [0.1, 0.15) is 0 Å². The summed E-state index contributed by atoms with van der Waals surface area (Å²) in [6.45, 7) is 2.42. The van der Waals surface area contributed by atoms with E-state index in [9.17, 15) is 0 Å². The SMILES string of the molecule is COC(C[SiH]1CCCCC1C)OC. The van der Waals surface area contributed by atoms with E-state index in [1.165, 1.54) is 31.4 Å². The van der Waals surface area contributed by atoms with Gasteiger partial charge in [0.2, 0.25) is 0 Å². The molecule has 78 valence electrons. The quantitative estimate of drug-likeness (QED) is 0.515. The molecule has 0 N–H and O–H groups in total. The van der Waals surface area contributed by atoms with E-state index in [1.54, 1.807) is 14.2 Å². The highest BCUT2D eigenvalue weighted by molar-refractivity contribution is 6.60. The summed E-state index contributed by atoms with van der Waals surface area (Å²) in [4.78, 5) is 0. The van der Waals surface area contributed by atoms with Gasteiger partial charge in [-0.15, -0.1) is 0 Å². The van der Waals surface area contributed by atoms with Gasteiger partial charge >= 0.3 is 0 Å². The lowest BCUT2D eigenvalue weighted by Crippen LogP contribution is -2.29. The van der Waals surface area contributed by atoms with Gasteiger partial charge in [0, 0.05) is 23.0 Å². The molecule has 0 aromatic rings.